The molecule has 41 heavy (non-hydrogen) atoms. The summed E-state index contributed by atoms with van der Waals surface area (Å²) in [5.74, 6) is 0.955. The number of likely N-dealkylation sites (N-methyl/N-ethyl adjacent to an activating group) is 1. The van der Waals surface area contributed by atoms with Gasteiger partial charge in [-0.15, -0.1) is 11.8 Å². The highest BCUT2D eigenvalue weighted by atomic mass is 32.2. The Morgan fingerprint density at radius 3 is 2.34 bits per heavy atom. The van der Waals surface area contributed by atoms with Crippen molar-refractivity contribution in [3.05, 3.63) is 76.0 Å². The van der Waals surface area contributed by atoms with Crippen LogP contribution in [0.3, 0.4) is 0 Å². The van der Waals surface area contributed by atoms with Crippen LogP contribution in [0.1, 0.15) is 66.5 Å². The first-order chi connectivity index (χ1) is 19.5. The van der Waals surface area contributed by atoms with E-state index in [1.807, 2.05) is 9.58 Å². The van der Waals surface area contributed by atoms with E-state index in [4.69, 9.17) is 5.10 Å². The third-order valence-corrected chi connectivity index (χ3v) is 9.55. The van der Waals surface area contributed by atoms with Crippen molar-refractivity contribution in [1.82, 2.24) is 19.6 Å². The van der Waals surface area contributed by atoms with Crippen molar-refractivity contribution < 1.29 is 9.59 Å². The van der Waals surface area contributed by atoms with Crippen LogP contribution >= 0.6 is 11.8 Å². The second-order valence-corrected chi connectivity index (χ2v) is 13.5. The Balaban J connectivity index is 1.70. The number of carbonyl (C=O) groups excluding carboxylic acids is 2. The Bertz CT molecular complexity index is 1450. The third kappa shape index (κ3) is 5.82. The van der Waals surface area contributed by atoms with E-state index in [-0.39, 0.29) is 29.0 Å². The van der Waals surface area contributed by atoms with Gasteiger partial charge < -0.3 is 9.80 Å². The lowest BCUT2D eigenvalue weighted by atomic mass is 9.86. The molecule has 7 nitrogen and oxygen atoms in total. The summed E-state index contributed by atoms with van der Waals surface area (Å²) in [6.45, 7) is 19.1. The number of carbonyl (C=O) groups is 2. The zero-order chi connectivity index (χ0) is 29.5. The molecule has 1 aromatic heterocycles. The van der Waals surface area contributed by atoms with Gasteiger partial charge in [0, 0.05) is 37.2 Å². The molecule has 0 N–H and O–H groups in total. The number of nitrogens with zero attached hydrogens (tertiary/aromatic N) is 5. The van der Waals surface area contributed by atoms with Crippen LogP contribution in [-0.4, -0.2) is 76.4 Å². The molecule has 2 aromatic carbocycles. The van der Waals surface area contributed by atoms with E-state index in [0.29, 0.717) is 18.8 Å². The van der Waals surface area contributed by atoms with Gasteiger partial charge in [-0.05, 0) is 50.1 Å². The maximum Gasteiger partial charge on any atom is 0.242 e. The first kappa shape index (κ1) is 29.4. The lowest BCUT2D eigenvalue weighted by Crippen LogP contribution is -2.52. The van der Waals surface area contributed by atoms with Crippen LogP contribution in [0, 0.1) is 20.8 Å². The summed E-state index contributed by atoms with van der Waals surface area (Å²) in [6, 6.07) is 14.7. The fraction of sp³-hybridized carbons (Fsp3) is 0.485. The van der Waals surface area contributed by atoms with Gasteiger partial charge in [0.1, 0.15) is 12.4 Å². The van der Waals surface area contributed by atoms with Crippen LogP contribution in [0.2, 0.25) is 0 Å². The van der Waals surface area contributed by atoms with Gasteiger partial charge in [0.05, 0.1) is 22.4 Å². The second kappa shape index (κ2) is 11.6. The van der Waals surface area contributed by atoms with Crippen LogP contribution in [0.15, 0.2) is 42.5 Å². The van der Waals surface area contributed by atoms with Crippen molar-refractivity contribution >= 4 is 29.4 Å². The van der Waals surface area contributed by atoms with Gasteiger partial charge in [-0.3, -0.25) is 14.5 Å². The minimum atomic E-state index is -0.283. The smallest absolute Gasteiger partial charge is 0.242 e. The molecule has 2 aliphatic rings. The van der Waals surface area contributed by atoms with Crippen molar-refractivity contribution in [3.63, 3.8) is 0 Å². The van der Waals surface area contributed by atoms with Gasteiger partial charge in [-0.1, -0.05) is 69.7 Å². The highest BCUT2D eigenvalue weighted by Crippen LogP contribution is 2.49. The van der Waals surface area contributed by atoms with Gasteiger partial charge in [-0.25, -0.2) is 4.68 Å². The van der Waals surface area contributed by atoms with E-state index in [1.165, 1.54) is 16.7 Å². The van der Waals surface area contributed by atoms with Crippen molar-refractivity contribution in [2.24, 2.45) is 0 Å². The van der Waals surface area contributed by atoms with Gasteiger partial charge in [0.2, 0.25) is 11.8 Å². The van der Waals surface area contributed by atoms with Crippen molar-refractivity contribution in [2.75, 3.05) is 49.9 Å². The largest absolute Gasteiger partial charge is 0.339 e. The van der Waals surface area contributed by atoms with Crippen LogP contribution in [0.5, 0.6) is 0 Å². The lowest BCUT2D eigenvalue weighted by molar-refractivity contribution is -0.132. The molecule has 3 heterocycles. The van der Waals surface area contributed by atoms with E-state index in [0.717, 1.165) is 48.0 Å². The number of rotatable bonds is 5. The van der Waals surface area contributed by atoms with E-state index in [1.54, 1.807) is 16.7 Å². The van der Waals surface area contributed by atoms with Crippen LogP contribution in [0.4, 0.5) is 5.82 Å². The molecule has 1 atom stereocenters. The molecule has 2 aliphatic heterocycles. The predicted octanol–water partition coefficient (Wildman–Crippen LogP) is 5.43. The molecular weight excluding hydrogens is 530 g/mol. The van der Waals surface area contributed by atoms with Gasteiger partial charge >= 0.3 is 0 Å². The quantitative estimate of drug-likeness (QED) is 0.408. The van der Waals surface area contributed by atoms with Gasteiger partial charge in [0.25, 0.3) is 0 Å². The number of thioether (sulfide) groups is 1. The van der Waals surface area contributed by atoms with Gasteiger partial charge in [0.15, 0.2) is 0 Å². The molecule has 0 radical (unpaired) electrons. The average Bonchev–Trinajstić information content (AvgIpc) is 3.27. The van der Waals surface area contributed by atoms with Crippen molar-refractivity contribution in [2.45, 2.75) is 59.1 Å². The summed E-state index contributed by atoms with van der Waals surface area (Å²) in [4.78, 5) is 33.8. The number of benzene rings is 2. The maximum atomic E-state index is 14.0. The SMILES string of the molecule is CCN1CCN(C(=O)CN2C(=O)CSC(c3ccccc3C)c3c(C(C)(C)C)nn(-c4ccc(C)cc4C)c32)CC1. The summed E-state index contributed by atoms with van der Waals surface area (Å²) >= 11 is 1.64. The normalized spacial score (nSPS) is 18.4. The van der Waals surface area contributed by atoms with Crippen LogP contribution in [0.25, 0.3) is 5.69 Å². The number of fused-ring (bicyclic) bond motifs is 1. The number of hydrogen-bond acceptors (Lipinski definition) is 5. The number of piperazine rings is 1. The van der Waals surface area contributed by atoms with Crippen LogP contribution < -0.4 is 4.90 Å². The molecule has 1 fully saturated rings. The van der Waals surface area contributed by atoms with Crippen molar-refractivity contribution in [1.29, 1.82) is 0 Å². The molecule has 5 rings (SSSR count). The molecule has 2 amide bonds. The van der Waals surface area contributed by atoms with E-state index in [2.05, 4.69) is 95.8 Å². The zero-order valence-corrected chi connectivity index (χ0v) is 26.3. The molecule has 1 unspecified atom stereocenters. The Morgan fingerprint density at radius 2 is 1.71 bits per heavy atom. The van der Waals surface area contributed by atoms with Crippen LogP contribution in [-0.2, 0) is 15.0 Å². The summed E-state index contributed by atoms with van der Waals surface area (Å²) in [7, 11) is 0. The third-order valence-electron chi connectivity index (χ3n) is 8.32. The fourth-order valence-corrected chi connectivity index (χ4v) is 7.25. The molecule has 3 aromatic rings. The molecule has 0 spiro atoms. The molecule has 218 valence electrons. The van der Waals surface area contributed by atoms with E-state index < -0.39 is 0 Å². The van der Waals surface area contributed by atoms with Crippen molar-refractivity contribution in [3.8, 4) is 5.69 Å². The monoisotopic (exact) mass is 573 g/mol. The Hall–Kier alpha value is -3.10. The van der Waals surface area contributed by atoms with E-state index >= 15 is 0 Å². The summed E-state index contributed by atoms with van der Waals surface area (Å²) in [5.41, 5.74) is 7.25. The minimum absolute atomic E-state index is 0.00918. The van der Waals surface area contributed by atoms with Gasteiger partial charge in [-0.2, -0.15) is 5.10 Å². The Morgan fingerprint density at radius 1 is 1.00 bits per heavy atom. The lowest BCUT2D eigenvalue weighted by Gasteiger charge is -2.35. The average molecular weight is 574 g/mol. The number of anilines is 1. The minimum Gasteiger partial charge on any atom is -0.339 e. The number of aromatic nitrogens is 2. The highest BCUT2D eigenvalue weighted by molar-refractivity contribution is 8.00. The first-order valence-corrected chi connectivity index (χ1v) is 15.7. The maximum absolute atomic E-state index is 14.0. The molecule has 0 bridgehead atoms. The zero-order valence-electron chi connectivity index (χ0n) is 25.5. The first-order valence-electron chi connectivity index (χ1n) is 14.7. The topological polar surface area (TPSA) is 61.7 Å². The highest BCUT2D eigenvalue weighted by Gasteiger charge is 2.41. The fourth-order valence-electron chi connectivity index (χ4n) is 5.96. The number of aryl methyl sites for hydroxylation is 3. The standard InChI is InChI=1S/C33H43N5O2S/c1-8-35-15-17-36(18-16-35)27(39)20-37-28(40)21-41-30(25-12-10-9-11-23(25)3)29-31(33(5,6)7)34-38(32(29)37)26-14-13-22(2)19-24(26)4/h9-14,19,30H,8,15-18,20-21H2,1-7H3. The summed E-state index contributed by atoms with van der Waals surface area (Å²) in [6.07, 6.45) is 0. The number of hydrogen-bond donors (Lipinski definition) is 0. The summed E-state index contributed by atoms with van der Waals surface area (Å²) < 4.78 is 1.95. The molecule has 8 heteroatoms. The molecule has 1 saturated heterocycles. The Labute approximate surface area is 248 Å². The Kier molecular flexibility index (Phi) is 8.35. The summed E-state index contributed by atoms with van der Waals surface area (Å²) in [5, 5.41) is 5.19. The number of amides is 2. The molecule has 0 saturated carbocycles. The predicted molar refractivity (Wildman–Crippen MR) is 168 cm³/mol. The molecule has 0 aliphatic carbocycles. The second-order valence-electron chi connectivity index (χ2n) is 12.4. The van der Waals surface area contributed by atoms with E-state index in [9.17, 15) is 9.59 Å². The molecular formula is C33H43N5O2S.